The van der Waals surface area contributed by atoms with E-state index in [1.54, 1.807) is 0 Å². The van der Waals surface area contributed by atoms with Gasteiger partial charge in [0.15, 0.2) is 5.78 Å². The van der Waals surface area contributed by atoms with Crippen molar-refractivity contribution in [3.8, 4) is 44.6 Å². The molecule has 39 heavy (non-hydrogen) atoms. The normalized spacial score (nSPS) is 10.8. The number of carbonyl (C=O) groups is 1. The van der Waals surface area contributed by atoms with E-state index in [0.717, 1.165) is 50.2 Å². The molecule has 6 aromatic rings. The molecule has 0 atom stereocenters. The van der Waals surface area contributed by atoms with Crippen LogP contribution < -0.4 is 0 Å². The number of pyridine rings is 1. The molecule has 0 aliphatic rings. The molecule has 0 spiro atoms. The molecule has 0 radical (unpaired) electrons. The van der Waals surface area contributed by atoms with Crippen molar-refractivity contribution in [3.63, 3.8) is 0 Å². The number of ketones is 1. The van der Waals surface area contributed by atoms with E-state index in [1.807, 2.05) is 85.1 Å². The van der Waals surface area contributed by atoms with Crippen LogP contribution in [0.4, 0.5) is 0 Å². The molecule has 0 aliphatic heterocycles. The maximum atomic E-state index is 13.9. The van der Waals surface area contributed by atoms with E-state index in [-0.39, 0.29) is 5.78 Å². The maximum Gasteiger partial charge on any atom is 0.193 e. The van der Waals surface area contributed by atoms with Crippen molar-refractivity contribution >= 4 is 5.78 Å². The van der Waals surface area contributed by atoms with Crippen molar-refractivity contribution in [1.29, 1.82) is 0 Å². The van der Waals surface area contributed by atoms with Gasteiger partial charge in [-0.3, -0.25) is 9.78 Å². The minimum atomic E-state index is 0.00328. The van der Waals surface area contributed by atoms with Crippen LogP contribution in [-0.2, 0) is 0 Å². The fourth-order valence-electron chi connectivity index (χ4n) is 4.99. The van der Waals surface area contributed by atoms with Crippen molar-refractivity contribution in [2.75, 3.05) is 0 Å². The van der Waals surface area contributed by atoms with Crippen LogP contribution >= 0.6 is 0 Å². The average Bonchev–Trinajstić information content (AvgIpc) is 3.02. The van der Waals surface area contributed by atoms with Gasteiger partial charge in [-0.05, 0) is 82.3 Å². The molecule has 0 N–H and O–H groups in total. The maximum absolute atomic E-state index is 13.9. The first-order chi connectivity index (χ1) is 19.2. The van der Waals surface area contributed by atoms with E-state index < -0.39 is 0 Å². The van der Waals surface area contributed by atoms with E-state index in [2.05, 4.69) is 72.6 Å². The van der Waals surface area contributed by atoms with Crippen LogP contribution in [0.2, 0.25) is 0 Å². The highest BCUT2D eigenvalue weighted by atomic mass is 16.1. The number of nitrogens with zero attached hydrogens (tertiary/aromatic N) is 1. The lowest BCUT2D eigenvalue weighted by atomic mass is 9.92. The third kappa shape index (κ3) is 5.18. The number of benzene rings is 5. The van der Waals surface area contributed by atoms with Gasteiger partial charge in [-0.25, -0.2) is 0 Å². The van der Waals surface area contributed by atoms with Crippen LogP contribution in [-0.4, -0.2) is 10.8 Å². The molecule has 0 fully saturated rings. The largest absolute Gasteiger partial charge is 0.289 e. The second-order valence-corrected chi connectivity index (χ2v) is 9.69. The van der Waals surface area contributed by atoms with E-state index >= 15 is 0 Å². The van der Waals surface area contributed by atoms with Gasteiger partial charge in [0, 0.05) is 22.9 Å². The predicted octanol–water partition coefficient (Wildman–Crippen LogP) is 9.29. The van der Waals surface area contributed by atoms with Gasteiger partial charge in [-0.2, -0.15) is 0 Å². The second-order valence-electron chi connectivity index (χ2n) is 9.69. The molecule has 6 rings (SSSR count). The van der Waals surface area contributed by atoms with E-state index in [0.29, 0.717) is 11.1 Å². The molecule has 2 heteroatoms. The van der Waals surface area contributed by atoms with Crippen molar-refractivity contribution in [3.05, 3.63) is 162 Å². The lowest BCUT2D eigenvalue weighted by Crippen LogP contribution is -2.02. The molecule has 0 amide bonds. The van der Waals surface area contributed by atoms with Crippen LogP contribution in [0.25, 0.3) is 44.6 Å². The number of carbonyl (C=O) groups excluding carboxylic acids is 1. The van der Waals surface area contributed by atoms with Crippen molar-refractivity contribution in [2.45, 2.75) is 6.92 Å². The van der Waals surface area contributed by atoms with E-state index in [1.165, 1.54) is 0 Å². The number of hydrogen-bond donors (Lipinski definition) is 0. The molecule has 0 saturated carbocycles. The Kier molecular flexibility index (Phi) is 6.67. The van der Waals surface area contributed by atoms with Gasteiger partial charge in [0.2, 0.25) is 0 Å². The summed E-state index contributed by atoms with van der Waals surface area (Å²) in [7, 11) is 0. The monoisotopic (exact) mass is 501 g/mol. The predicted molar refractivity (Wildman–Crippen MR) is 161 cm³/mol. The molecule has 2 nitrogen and oxygen atoms in total. The van der Waals surface area contributed by atoms with Crippen LogP contribution in [0.3, 0.4) is 0 Å². The Bertz CT molecular complexity index is 1710. The summed E-state index contributed by atoms with van der Waals surface area (Å²) in [6, 6.07) is 46.8. The zero-order valence-electron chi connectivity index (χ0n) is 21.7. The van der Waals surface area contributed by atoms with E-state index in [4.69, 9.17) is 0 Å². The number of rotatable bonds is 6. The zero-order chi connectivity index (χ0) is 26.6. The standard InChI is InChI=1S/C37H27NO/c1-26-11-10-20-38-36(26)31-18-8-16-29(21-31)30-17-9-19-32(22-30)37(39)35-24-33(27-12-4-2-5-13-27)23-34(25-35)28-14-6-3-7-15-28/h2-25H,1H3. The summed E-state index contributed by atoms with van der Waals surface area (Å²) in [4.78, 5) is 18.5. The summed E-state index contributed by atoms with van der Waals surface area (Å²) in [6.07, 6.45) is 1.82. The Morgan fingerprint density at radius 3 is 1.62 bits per heavy atom. The SMILES string of the molecule is Cc1cccnc1-c1cccc(-c2cccc(C(=O)c3cc(-c4ccccc4)cc(-c4ccccc4)c3)c2)c1. The molecule has 0 saturated heterocycles. The molecular weight excluding hydrogens is 474 g/mol. The van der Waals surface area contributed by atoms with Gasteiger partial charge < -0.3 is 0 Å². The summed E-state index contributed by atoms with van der Waals surface area (Å²) < 4.78 is 0. The number of aryl methyl sites for hydroxylation is 1. The summed E-state index contributed by atoms with van der Waals surface area (Å²) in [5.74, 6) is 0.00328. The highest BCUT2D eigenvalue weighted by Crippen LogP contribution is 2.31. The summed E-state index contributed by atoms with van der Waals surface area (Å²) in [6.45, 7) is 2.07. The Hall–Kier alpha value is -5.08. The quantitative estimate of drug-likeness (QED) is 0.213. The molecule has 0 unspecified atom stereocenters. The smallest absolute Gasteiger partial charge is 0.193 e. The van der Waals surface area contributed by atoms with Crippen molar-refractivity contribution in [2.24, 2.45) is 0 Å². The molecule has 0 aliphatic carbocycles. The minimum Gasteiger partial charge on any atom is -0.289 e. The third-order valence-electron chi connectivity index (χ3n) is 7.01. The molecule has 1 aromatic heterocycles. The molecule has 186 valence electrons. The van der Waals surface area contributed by atoms with Gasteiger partial charge in [0.05, 0.1) is 5.69 Å². The fraction of sp³-hybridized carbons (Fsp3) is 0.0270. The van der Waals surface area contributed by atoms with E-state index in [9.17, 15) is 4.79 Å². The molecule has 0 bridgehead atoms. The topological polar surface area (TPSA) is 30.0 Å². The Morgan fingerprint density at radius 2 is 0.974 bits per heavy atom. The Morgan fingerprint density at radius 1 is 0.462 bits per heavy atom. The van der Waals surface area contributed by atoms with Crippen LogP contribution in [0, 0.1) is 6.92 Å². The Balaban J connectivity index is 1.40. The van der Waals surface area contributed by atoms with Gasteiger partial charge in [-0.1, -0.05) is 103 Å². The highest BCUT2D eigenvalue weighted by Gasteiger charge is 2.15. The molecular formula is C37H27NO. The van der Waals surface area contributed by atoms with Gasteiger partial charge >= 0.3 is 0 Å². The first-order valence-electron chi connectivity index (χ1n) is 13.1. The van der Waals surface area contributed by atoms with Crippen LogP contribution in [0.1, 0.15) is 21.5 Å². The first-order valence-corrected chi connectivity index (χ1v) is 13.1. The molecule has 5 aromatic carbocycles. The van der Waals surface area contributed by atoms with Crippen LogP contribution in [0.5, 0.6) is 0 Å². The summed E-state index contributed by atoms with van der Waals surface area (Å²) in [5.41, 5.74) is 10.8. The van der Waals surface area contributed by atoms with Gasteiger partial charge in [0.25, 0.3) is 0 Å². The van der Waals surface area contributed by atoms with Crippen molar-refractivity contribution in [1.82, 2.24) is 4.98 Å². The van der Waals surface area contributed by atoms with Crippen LogP contribution in [0.15, 0.2) is 146 Å². The summed E-state index contributed by atoms with van der Waals surface area (Å²) in [5, 5.41) is 0. The highest BCUT2D eigenvalue weighted by molar-refractivity contribution is 6.10. The second kappa shape index (κ2) is 10.7. The van der Waals surface area contributed by atoms with Gasteiger partial charge in [0.1, 0.15) is 0 Å². The number of hydrogen-bond acceptors (Lipinski definition) is 2. The number of aromatic nitrogens is 1. The average molecular weight is 502 g/mol. The lowest BCUT2D eigenvalue weighted by Gasteiger charge is -2.12. The van der Waals surface area contributed by atoms with Gasteiger partial charge in [-0.15, -0.1) is 0 Å². The lowest BCUT2D eigenvalue weighted by molar-refractivity contribution is 0.103. The first kappa shape index (κ1) is 24.3. The zero-order valence-corrected chi connectivity index (χ0v) is 21.7. The van der Waals surface area contributed by atoms with Crippen molar-refractivity contribution < 1.29 is 4.79 Å². The fourth-order valence-corrected chi connectivity index (χ4v) is 4.99. The third-order valence-corrected chi connectivity index (χ3v) is 7.01. The Labute approximate surface area is 229 Å². The minimum absolute atomic E-state index is 0.00328. The molecule has 1 heterocycles. The summed E-state index contributed by atoms with van der Waals surface area (Å²) >= 11 is 0.